The van der Waals surface area contributed by atoms with Gasteiger partial charge >= 0.3 is 6.03 Å². The first kappa shape index (κ1) is 15.3. The normalized spacial score (nSPS) is 11.1. The second-order valence-electron chi connectivity index (χ2n) is 5.81. The molecule has 2 heterocycles. The highest BCUT2D eigenvalue weighted by atomic mass is 16.2. The van der Waals surface area contributed by atoms with Crippen molar-refractivity contribution in [3.8, 4) is 0 Å². The molecule has 1 aromatic carbocycles. The van der Waals surface area contributed by atoms with Crippen molar-refractivity contribution in [2.45, 2.75) is 40.2 Å². The van der Waals surface area contributed by atoms with Gasteiger partial charge < -0.3 is 10.3 Å². The summed E-state index contributed by atoms with van der Waals surface area (Å²) in [5, 5.41) is 4.13. The number of rotatable bonds is 4. The van der Waals surface area contributed by atoms with Crippen LogP contribution in [0.5, 0.6) is 0 Å². The number of fused-ring (bicyclic) bond motifs is 1. The van der Waals surface area contributed by atoms with Crippen LogP contribution < -0.4 is 5.32 Å². The monoisotopic (exact) mass is 310 g/mol. The first-order valence-corrected chi connectivity index (χ1v) is 7.99. The van der Waals surface area contributed by atoms with Crippen LogP contribution in [0.25, 0.3) is 10.9 Å². The fourth-order valence-electron chi connectivity index (χ4n) is 3.03. The molecule has 2 N–H and O–H groups in total. The molecule has 23 heavy (non-hydrogen) atoms. The lowest BCUT2D eigenvalue weighted by Gasteiger charge is -2.11. The second kappa shape index (κ2) is 6.28. The number of H-pyrrole nitrogens is 1. The Morgan fingerprint density at radius 1 is 1.30 bits per heavy atom. The van der Waals surface area contributed by atoms with Gasteiger partial charge in [0.1, 0.15) is 0 Å². The van der Waals surface area contributed by atoms with Gasteiger partial charge in [-0.3, -0.25) is 4.57 Å². The molecule has 0 saturated carbocycles. The molecule has 0 aliphatic carbocycles. The zero-order chi connectivity index (χ0) is 16.4. The van der Waals surface area contributed by atoms with Crippen LogP contribution in [0.15, 0.2) is 30.6 Å². The largest absolute Gasteiger partial charge is 0.348 e. The minimum absolute atomic E-state index is 0.0971. The lowest BCUT2D eigenvalue weighted by atomic mass is 10.1. The number of carbonyl (C=O) groups excluding carboxylic acids is 1. The van der Waals surface area contributed by atoms with Gasteiger partial charge in [-0.15, -0.1) is 0 Å². The Labute approximate surface area is 135 Å². The molecular formula is C18H22N4O. The third-order valence-electron chi connectivity index (χ3n) is 4.28. The predicted molar refractivity (Wildman–Crippen MR) is 91.6 cm³/mol. The summed E-state index contributed by atoms with van der Waals surface area (Å²) >= 11 is 0. The number of hydrogen-bond acceptors (Lipinski definition) is 2. The number of amides is 1. The van der Waals surface area contributed by atoms with E-state index in [-0.39, 0.29) is 6.03 Å². The molecule has 5 nitrogen and oxygen atoms in total. The van der Waals surface area contributed by atoms with Gasteiger partial charge in [0.15, 0.2) is 0 Å². The van der Waals surface area contributed by atoms with E-state index in [4.69, 9.17) is 0 Å². The number of benzene rings is 1. The first-order chi connectivity index (χ1) is 11.1. The number of carbonyl (C=O) groups is 1. The van der Waals surface area contributed by atoms with E-state index in [1.165, 1.54) is 5.56 Å². The molecule has 0 aliphatic heterocycles. The lowest BCUT2D eigenvalue weighted by molar-refractivity contribution is 0.242. The zero-order valence-electron chi connectivity index (χ0n) is 13.8. The van der Waals surface area contributed by atoms with Gasteiger partial charge in [0.25, 0.3) is 0 Å². The van der Waals surface area contributed by atoms with Gasteiger partial charge in [-0.2, -0.15) is 0 Å². The van der Waals surface area contributed by atoms with E-state index in [1.54, 1.807) is 6.33 Å². The fourth-order valence-corrected chi connectivity index (χ4v) is 3.03. The number of aryl methyl sites for hydroxylation is 2. The Morgan fingerprint density at radius 2 is 2.09 bits per heavy atom. The third-order valence-corrected chi connectivity index (χ3v) is 4.28. The van der Waals surface area contributed by atoms with Gasteiger partial charge in [0.2, 0.25) is 0 Å². The molecule has 120 valence electrons. The summed E-state index contributed by atoms with van der Waals surface area (Å²) in [6.07, 6.45) is 3.53. The number of nitrogens with zero attached hydrogens (tertiary/aromatic N) is 2. The highest BCUT2D eigenvalue weighted by molar-refractivity contribution is 5.95. The van der Waals surface area contributed by atoms with Crippen molar-refractivity contribution in [2.75, 3.05) is 0 Å². The van der Waals surface area contributed by atoms with Gasteiger partial charge in [-0.25, -0.2) is 9.78 Å². The van der Waals surface area contributed by atoms with Crippen molar-refractivity contribution >= 4 is 16.9 Å². The Morgan fingerprint density at radius 3 is 2.78 bits per heavy atom. The van der Waals surface area contributed by atoms with Crippen molar-refractivity contribution in [2.24, 2.45) is 0 Å². The van der Waals surface area contributed by atoms with Crippen LogP contribution in [0, 0.1) is 13.8 Å². The maximum absolute atomic E-state index is 12.8. The molecule has 3 aromatic rings. The van der Waals surface area contributed by atoms with Crippen LogP contribution in [0.4, 0.5) is 4.79 Å². The molecule has 3 rings (SSSR count). The summed E-state index contributed by atoms with van der Waals surface area (Å²) < 4.78 is 1.82. The Balaban J connectivity index is 1.95. The van der Waals surface area contributed by atoms with E-state index in [1.807, 2.05) is 29.7 Å². The summed E-state index contributed by atoms with van der Waals surface area (Å²) in [6.45, 7) is 6.60. The first-order valence-electron chi connectivity index (χ1n) is 7.99. The predicted octanol–water partition coefficient (Wildman–Crippen LogP) is 3.69. The summed E-state index contributed by atoms with van der Waals surface area (Å²) in [6, 6.07) is 7.96. The molecule has 1 amide bonds. The number of imidazole rings is 1. The summed E-state index contributed by atoms with van der Waals surface area (Å²) in [7, 11) is 0. The molecule has 0 aliphatic rings. The topological polar surface area (TPSA) is 62.7 Å². The minimum Gasteiger partial charge on any atom is -0.348 e. The average Bonchev–Trinajstić information content (AvgIpc) is 3.08. The van der Waals surface area contributed by atoms with Gasteiger partial charge in [0, 0.05) is 16.8 Å². The number of aromatic amines is 1. The lowest BCUT2D eigenvalue weighted by Crippen LogP contribution is -2.29. The molecule has 0 spiro atoms. The number of aromatic nitrogens is 3. The van der Waals surface area contributed by atoms with Crippen LogP contribution in [-0.2, 0) is 13.0 Å². The van der Waals surface area contributed by atoms with E-state index in [2.05, 4.69) is 35.2 Å². The summed E-state index contributed by atoms with van der Waals surface area (Å²) in [4.78, 5) is 20.0. The van der Waals surface area contributed by atoms with Crippen LogP contribution >= 0.6 is 0 Å². The molecule has 2 aromatic heterocycles. The highest BCUT2D eigenvalue weighted by Gasteiger charge is 2.18. The second-order valence-corrected chi connectivity index (χ2v) is 5.81. The van der Waals surface area contributed by atoms with Crippen molar-refractivity contribution in [3.63, 3.8) is 0 Å². The molecular weight excluding hydrogens is 288 g/mol. The third kappa shape index (κ3) is 2.74. The maximum Gasteiger partial charge on any atom is 0.326 e. The van der Waals surface area contributed by atoms with E-state index < -0.39 is 0 Å². The Kier molecular flexibility index (Phi) is 4.19. The van der Waals surface area contributed by atoms with E-state index in [0.29, 0.717) is 6.54 Å². The standard InChI is InChI=1S/C18H22N4O/c1-4-7-16-12(2)14-8-5-6-9-17(14)22(16)18(23)19-10-15-13(3)20-11-21-15/h5-6,8-9,11H,4,7,10H2,1-3H3,(H,19,23)(H,20,21). The van der Waals surface area contributed by atoms with Gasteiger partial charge in [-0.1, -0.05) is 31.5 Å². The molecule has 0 atom stereocenters. The fraction of sp³-hybridized carbons (Fsp3) is 0.333. The zero-order valence-corrected chi connectivity index (χ0v) is 13.8. The molecule has 0 radical (unpaired) electrons. The van der Waals surface area contributed by atoms with E-state index in [0.717, 1.165) is 40.8 Å². The summed E-state index contributed by atoms with van der Waals surface area (Å²) in [5.41, 5.74) is 5.08. The minimum atomic E-state index is -0.0971. The average molecular weight is 310 g/mol. The van der Waals surface area contributed by atoms with Crippen LogP contribution in [-0.4, -0.2) is 20.6 Å². The van der Waals surface area contributed by atoms with Crippen molar-refractivity contribution < 1.29 is 4.79 Å². The SMILES string of the molecule is CCCc1c(C)c2ccccc2n1C(=O)NCc1nc[nH]c1C. The molecule has 0 unspecified atom stereocenters. The molecule has 0 saturated heterocycles. The highest BCUT2D eigenvalue weighted by Crippen LogP contribution is 2.26. The Hall–Kier alpha value is -2.56. The Bertz CT molecular complexity index is 844. The van der Waals surface area contributed by atoms with Crippen LogP contribution in [0.2, 0.25) is 0 Å². The summed E-state index contributed by atoms with van der Waals surface area (Å²) in [5.74, 6) is 0. The van der Waals surface area contributed by atoms with Crippen molar-refractivity contribution in [3.05, 3.63) is 53.2 Å². The van der Waals surface area contributed by atoms with Gasteiger partial charge in [0.05, 0.1) is 24.1 Å². The van der Waals surface area contributed by atoms with E-state index >= 15 is 0 Å². The number of nitrogens with one attached hydrogen (secondary N) is 2. The molecule has 0 bridgehead atoms. The van der Waals surface area contributed by atoms with Crippen LogP contribution in [0.3, 0.4) is 0 Å². The number of hydrogen-bond donors (Lipinski definition) is 2. The van der Waals surface area contributed by atoms with Crippen molar-refractivity contribution in [1.82, 2.24) is 19.9 Å². The quantitative estimate of drug-likeness (QED) is 0.772. The van der Waals surface area contributed by atoms with Gasteiger partial charge in [-0.05, 0) is 31.9 Å². The maximum atomic E-state index is 12.8. The number of para-hydroxylation sites is 1. The van der Waals surface area contributed by atoms with Crippen molar-refractivity contribution in [1.29, 1.82) is 0 Å². The molecule has 0 fully saturated rings. The van der Waals surface area contributed by atoms with Crippen LogP contribution in [0.1, 0.15) is 36.0 Å². The van der Waals surface area contributed by atoms with E-state index in [9.17, 15) is 4.79 Å². The smallest absolute Gasteiger partial charge is 0.326 e. The molecule has 5 heteroatoms.